The van der Waals surface area contributed by atoms with E-state index in [9.17, 15) is 20.1 Å². The second-order valence-corrected chi connectivity index (χ2v) is 4.66. The third-order valence-corrected chi connectivity index (χ3v) is 3.31. The van der Waals surface area contributed by atoms with Crippen LogP contribution in [0.1, 0.15) is 22.3 Å². The van der Waals surface area contributed by atoms with E-state index < -0.39 is 17.3 Å². The Morgan fingerprint density at radius 3 is 2.45 bits per heavy atom. The first kappa shape index (κ1) is 12.5. The van der Waals surface area contributed by atoms with Gasteiger partial charge in [-0.25, -0.2) is 0 Å². The van der Waals surface area contributed by atoms with Gasteiger partial charge < -0.3 is 20.1 Å². The summed E-state index contributed by atoms with van der Waals surface area (Å²) in [6.07, 6.45) is -0.256. The first-order chi connectivity index (χ1) is 9.51. The number of fused-ring (bicyclic) bond motifs is 1. The standard InChI is InChI=1S/C15H12O5/c16-11-7-6-10-12(17)8-15(19,20-14(10)13(11)18)9-4-2-1-3-5-9/h1-7,16,18-19H,8H2. The molecule has 0 amide bonds. The monoisotopic (exact) mass is 272 g/mol. The number of ketones is 1. The Labute approximate surface area is 114 Å². The second-order valence-electron chi connectivity index (χ2n) is 4.66. The number of aromatic hydroxyl groups is 2. The normalized spacial score (nSPS) is 21.1. The quantitative estimate of drug-likeness (QED) is 0.690. The topological polar surface area (TPSA) is 87.0 Å². The molecule has 5 nitrogen and oxygen atoms in total. The highest BCUT2D eigenvalue weighted by molar-refractivity contribution is 6.01. The summed E-state index contributed by atoms with van der Waals surface area (Å²) < 4.78 is 5.41. The van der Waals surface area contributed by atoms with Gasteiger partial charge >= 0.3 is 0 Å². The molecule has 102 valence electrons. The predicted octanol–water partition coefficient (Wildman–Crippen LogP) is 1.91. The smallest absolute Gasteiger partial charge is 0.242 e. The highest BCUT2D eigenvalue weighted by Crippen LogP contribution is 2.46. The lowest BCUT2D eigenvalue weighted by atomic mass is 9.93. The molecule has 0 saturated carbocycles. The third kappa shape index (κ3) is 1.80. The van der Waals surface area contributed by atoms with Gasteiger partial charge in [0, 0.05) is 5.56 Å². The van der Waals surface area contributed by atoms with Gasteiger partial charge in [-0.15, -0.1) is 0 Å². The lowest BCUT2D eigenvalue weighted by Gasteiger charge is -2.33. The van der Waals surface area contributed by atoms with Crippen molar-refractivity contribution in [3.05, 3.63) is 53.6 Å². The number of hydrogen-bond acceptors (Lipinski definition) is 5. The SMILES string of the molecule is O=C1CC(O)(c2ccccc2)Oc2c1ccc(O)c2O. The summed E-state index contributed by atoms with van der Waals surface area (Å²) in [6, 6.07) is 11.0. The van der Waals surface area contributed by atoms with Crippen molar-refractivity contribution in [1.82, 2.24) is 0 Å². The van der Waals surface area contributed by atoms with Crippen molar-refractivity contribution in [3.8, 4) is 17.2 Å². The van der Waals surface area contributed by atoms with Crippen molar-refractivity contribution in [2.75, 3.05) is 0 Å². The summed E-state index contributed by atoms with van der Waals surface area (Å²) in [7, 11) is 0. The minimum atomic E-state index is -1.85. The zero-order valence-electron chi connectivity index (χ0n) is 10.4. The van der Waals surface area contributed by atoms with Crippen LogP contribution in [0, 0.1) is 0 Å². The number of aliphatic hydroxyl groups is 1. The first-order valence-electron chi connectivity index (χ1n) is 6.06. The number of ether oxygens (including phenoxy) is 1. The average molecular weight is 272 g/mol. The lowest BCUT2D eigenvalue weighted by Crippen LogP contribution is -2.39. The van der Waals surface area contributed by atoms with E-state index in [-0.39, 0.29) is 23.5 Å². The molecule has 5 heteroatoms. The molecule has 20 heavy (non-hydrogen) atoms. The number of carbonyl (C=O) groups excluding carboxylic acids is 1. The van der Waals surface area contributed by atoms with Crippen molar-refractivity contribution in [1.29, 1.82) is 0 Å². The molecule has 1 heterocycles. The Balaban J connectivity index is 2.13. The molecule has 0 aliphatic carbocycles. The molecule has 0 fully saturated rings. The van der Waals surface area contributed by atoms with Crippen LogP contribution in [0.4, 0.5) is 0 Å². The zero-order valence-corrected chi connectivity index (χ0v) is 10.4. The van der Waals surface area contributed by atoms with Crippen LogP contribution < -0.4 is 4.74 Å². The number of rotatable bonds is 1. The number of benzene rings is 2. The van der Waals surface area contributed by atoms with Crippen LogP contribution in [0.3, 0.4) is 0 Å². The zero-order chi connectivity index (χ0) is 14.3. The van der Waals surface area contributed by atoms with Gasteiger partial charge in [0.2, 0.25) is 11.5 Å². The molecule has 1 unspecified atom stereocenters. The Bertz CT molecular complexity index is 680. The van der Waals surface area contributed by atoms with Crippen LogP contribution in [-0.2, 0) is 5.79 Å². The Morgan fingerprint density at radius 2 is 1.75 bits per heavy atom. The minimum Gasteiger partial charge on any atom is -0.504 e. The third-order valence-electron chi connectivity index (χ3n) is 3.31. The van der Waals surface area contributed by atoms with Crippen LogP contribution in [0.25, 0.3) is 0 Å². The van der Waals surface area contributed by atoms with Crippen molar-refractivity contribution in [2.45, 2.75) is 12.2 Å². The van der Waals surface area contributed by atoms with Gasteiger partial charge in [0.05, 0.1) is 12.0 Å². The summed E-state index contributed by atoms with van der Waals surface area (Å²) in [5.74, 6) is -3.38. The Hall–Kier alpha value is -2.53. The first-order valence-corrected chi connectivity index (χ1v) is 6.06. The van der Waals surface area contributed by atoms with Crippen LogP contribution in [0.15, 0.2) is 42.5 Å². The maximum atomic E-state index is 12.1. The van der Waals surface area contributed by atoms with Gasteiger partial charge in [-0.3, -0.25) is 4.79 Å². The van der Waals surface area contributed by atoms with Crippen LogP contribution in [0.2, 0.25) is 0 Å². The second kappa shape index (κ2) is 4.25. The molecule has 0 radical (unpaired) electrons. The van der Waals surface area contributed by atoms with E-state index in [1.165, 1.54) is 12.1 Å². The molecule has 0 aromatic heterocycles. The fourth-order valence-electron chi connectivity index (χ4n) is 2.26. The maximum Gasteiger partial charge on any atom is 0.242 e. The molecule has 0 spiro atoms. The van der Waals surface area contributed by atoms with E-state index in [0.717, 1.165) is 0 Å². The molecule has 1 aliphatic heterocycles. The molecular weight excluding hydrogens is 260 g/mol. The molecule has 2 aromatic carbocycles. The van der Waals surface area contributed by atoms with E-state index in [0.29, 0.717) is 5.56 Å². The molecule has 0 bridgehead atoms. The molecule has 3 N–H and O–H groups in total. The van der Waals surface area contributed by atoms with E-state index in [1.54, 1.807) is 30.3 Å². The van der Waals surface area contributed by atoms with Gasteiger partial charge in [0.25, 0.3) is 0 Å². The number of hydrogen-bond donors (Lipinski definition) is 3. The van der Waals surface area contributed by atoms with Gasteiger partial charge in [-0.05, 0) is 12.1 Å². The lowest BCUT2D eigenvalue weighted by molar-refractivity contribution is -0.148. The number of phenolic OH excluding ortho intramolecular Hbond substituents is 2. The molecular formula is C15H12O5. The molecule has 2 aromatic rings. The van der Waals surface area contributed by atoms with Crippen molar-refractivity contribution in [2.24, 2.45) is 0 Å². The summed E-state index contributed by atoms with van der Waals surface area (Å²) in [6.45, 7) is 0. The Morgan fingerprint density at radius 1 is 1.05 bits per heavy atom. The summed E-state index contributed by atoms with van der Waals surface area (Å²) in [5.41, 5.74) is 0.544. The molecule has 1 atom stereocenters. The fraction of sp³-hybridized carbons (Fsp3) is 0.133. The number of Topliss-reactive ketones (excluding diaryl/α,β-unsaturated/α-hetero) is 1. The summed E-state index contributed by atoms with van der Waals surface area (Å²) in [4.78, 5) is 12.1. The van der Waals surface area contributed by atoms with Crippen LogP contribution in [0.5, 0.6) is 17.2 Å². The largest absolute Gasteiger partial charge is 0.504 e. The van der Waals surface area contributed by atoms with Crippen LogP contribution >= 0.6 is 0 Å². The highest BCUT2D eigenvalue weighted by Gasteiger charge is 2.42. The van der Waals surface area contributed by atoms with E-state index in [2.05, 4.69) is 0 Å². The highest BCUT2D eigenvalue weighted by atomic mass is 16.6. The summed E-state index contributed by atoms with van der Waals surface area (Å²) >= 11 is 0. The summed E-state index contributed by atoms with van der Waals surface area (Å²) in [5, 5.41) is 29.8. The Kier molecular flexibility index (Phi) is 2.65. The van der Waals surface area contributed by atoms with Crippen molar-refractivity contribution >= 4 is 5.78 Å². The average Bonchev–Trinajstić information content (AvgIpc) is 2.44. The predicted molar refractivity (Wildman–Crippen MR) is 69.7 cm³/mol. The minimum absolute atomic E-state index is 0.140. The van der Waals surface area contributed by atoms with Gasteiger partial charge in [-0.1, -0.05) is 30.3 Å². The van der Waals surface area contributed by atoms with Gasteiger partial charge in [0.1, 0.15) is 0 Å². The van der Waals surface area contributed by atoms with Crippen LogP contribution in [-0.4, -0.2) is 21.1 Å². The number of carbonyl (C=O) groups is 1. The maximum absolute atomic E-state index is 12.1. The fourth-order valence-corrected chi connectivity index (χ4v) is 2.26. The van der Waals surface area contributed by atoms with E-state index >= 15 is 0 Å². The van der Waals surface area contributed by atoms with Crippen molar-refractivity contribution < 1.29 is 24.9 Å². The van der Waals surface area contributed by atoms with Gasteiger partial charge in [-0.2, -0.15) is 0 Å². The molecule has 3 rings (SSSR count). The van der Waals surface area contributed by atoms with Gasteiger partial charge in [0.15, 0.2) is 17.3 Å². The van der Waals surface area contributed by atoms with Crippen molar-refractivity contribution in [3.63, 3.8) is 0 Å². The van der Waals surface area contributed by atoms with E-state index in [4.69, 9.17) is 4.74 Å². The molecule has 1 aliphatic rings. The molecule has 0 saturated heterocycles. The number of phenols is 2. The van der Waals surface area contributed by atoms with E-state index in [1.807, 2.05) is 0 Å².